The van der Waals surface area contributed by atoms with E-state index in [1.807, 2.05) is 0 Å². The summed E-state index contributed by atoms with van der Waals surface area (Å²) in [5.74, 6) is 0. The van der Waals surface area contributed by atoms with Gasteiger partial charge in [-0.25, -0.2) is 0 Å². The van der Waals surface area contributed by atoms with Crippen molar-refractivity contribution in [1.82, 2.24) is 0 Å². The summed E-state index contributed by atoms with van der Waals surface area (Å²) in [6, 6.07) is 20.1. The summed E-state index contributed by atoms with van der Waals surface area (Å²) in [5, 5.41) is 5.50. The summed E-state index contributed by atoms with van der Waals surface area (Å²) in [5.41, 5.74) is 1.51. The van der Waals surface area contributed by atoms with Crippen LogP contribution in [0, 0.1) is 0 Å². The zero-order valence-corrected chi connectivity index (χ0v) is 12.9. The Morgan fingerprint density at radius 2 is 1.38 bits per heavy atom. The van der Waals surface area contributed by atoms with E-state index in [2.05, 4.69) is 61.5 Å². The van der Waals surface area contributed by atoms with Crippen molar-refractivity contribution >= 4 is 21.5 Å². The smallest absolute Gasteiger partial charge is 0.0146 e. The van der Waals surface area contributed by atoms with E-state index >= 15 is 0 Å². The number of fused-ring (bicyclic) bond motifs is 2. The third kappa shape index (κ3) is 3.26. The van der Waals surface area contributed by atoms with E-state index in [0.29, 0.717) is 0 Å². The lowest BCUT2D eigenvalue weighted by atomic mass is 9.96. The molecule has 0 fully saturated rings. The normalized spacial score (nSPS) is 11.3. The van der Waals surface area contributed by atoms with Gasteiger partial charge in [0.15, 0.2) is 0 Å². The van der Waals surface area contributed by atoms with Crippen molar-refractivity contribution in [3.63, 3.8) is 0 Å². The summed E-state index contributed by atoms with van der Waals surface area (Å²) in [6.07, 6.45) is 7.95. The molecule has 0 nitrogen and oxygen atoms in total. The molecule has 0 bridgehead atoms. The Kier molecular flexibility index (Phi) is 4.55. The fourth-order valence-corrected chi connectivity index (χ4v) is 3.17. The lowest BCUT2D eigenvalue weighted by molar-refractivity contribution is 0.633. The van der Waals surface area contributed by atoms with Gasteiger partial charge in [0, 0.05) is 0 Å². The summed E-state index contributed by atoms with van der Waals surface area (Å²) in [6.45, 7) is 2.27. The van der Waals surface area contributed by atoms with Gasteiger partial charge in [-0.15, -0.1) is 0 Å². The summed E-state index contributed by atoms with van der Waals surface area (Å²) in [7, 11) is 0. The second-order valence-electron chi connectivity index (χ2n) is 6.00. The second-order valence-corrected chi connectivity index (χ2v) is 6.00. The fourth-order valence-electron chi connectivity index (χ4n) is 3.17. The molecule has 0 saturated carbocycles. The van der Waals surface area contributed by atoms with Crippen LogP contribution in [0.2, 0.25) is 0 Å². The molecule has 3 aromatic carbocycles. The maximum Gasteiger partial charge on any atom is -0.0146 e. The molecule has 0 N–H and O–H groups in total. The number of hydrogen-bond acceptors (Lipinski definition) is 0. The third-order valence-corrected chi connectivity index (χ3v) is 4.39. The molecule has 0 aliphatic rings. The van der Waals surface area contributed by atoms with Crippen molar-refractivity contribution in [2.45, 2.75) is 45.4 Å². The molecule has 0 aliphatic heterocycles. The molecule has 108 valence electrons. The van der Waals surface area contributed by atoms with Gasteiger partial charge in [-0.1, -0.05) is 75.1 Å². The predicted octanol–water partition coefficient (Wildman–Crippen LogP) is 6.51. The Balaban J connectivity index is 1.86. The number of unbranched alkanes of at least 4 members (excludes halogenated alkanes) is 4. The Bertz CT molecular complexity index is 724. The fraction of sp³-hybridized carbons (Fsp3) is 0.333. The van der Waals surface area contributed by atoms with Crippen LogP contribution in [0.4, 0.5) is 0 Å². The van der Waals surface area contributed by atoms with Gasteiger partial charge in [0.05, 0.1) is 0 Å². The van der Waals surface area contributed by atoms with Gasteiger partial charge in [0.1, 0.15) is 0 Å². The number of hydrogen-bond donors (Lipinski definition) is 0. The molecule has 0 aliphatic carbocycles. The first-order valence-electron chi connectivity index (χ1n) is 8.29. The van der Waals surface area contributed by atoms with Crippen LogP contribution in [-0.4, -0.2) is 0 Å². The Labute approximate surface area is 127 Å². The highest BCUT2D eigenvalue weighted by Gasteiger charge is 2.03. The standard InChI is InChI=1S/C21H24/c1-2-3-4-5-6-10-17-13-9-14-20-15-18-11-7-8-12-19(18)16-21(17)20/h7-9,11-16H,2-6,10H2,1H3. The molecule has 0 spiro atoms. The van der Waals surface area contributed by atoms with Crippen LogP contribution in [-0.2, 0) is 6.42 Å². The van der Waals surface area contributed by atoms with Gasteiger partial charge < -0.3 is 0 Å². The van der Waals surface area contributed by atoms with Crippen LogP contribution < -0.4 is 0 Å². The summed E-state index contributed by atoms with van der Waals surface area (Å²) in [4.78, 5) is 0. The van der Waals surface area contributed by atoms with Crippen LogP contribution >= 0.6 is 0 Å². The van der Waals surface area contributed by atoms with Crippen LogP contribution in [0.15, 0.2) is 54.6 Å². The Hall–Kier alpha value is -1.82. The third-order valence-electron chi connectivity index (χ3n) is 4.39. The molecule has 0 heteroatoms. The zero-order chi connectivity index (χ0) is 14.5. The highest BCUT2D eigenvalue weighted by Crippen LogP contribution is 2.26. The lowest BCUT2D eigenvalue weighted by Crippen LogP contribution is -1.89. The molecule has 0 amide bonds. The van der Waals surface area contributed by atoms with Crippen molar-refractivity contribution in [3.8, 4) is 0 Å². The average Bonchev–Trinajstić information content (AvgIpc) is 2.53. The second kappa shape index (κ2) is 6.76. The van der Waals surface area contributed by atoms with Crippen molar-refractivity contribution in [2.24, 2.45) is 0 Å². The van der Waals surface area contributed by atoms with E-state index in [9.17, 15) is 0 Å². The first-order chi connectivity index (χ1) is 10.4. The first-order valence-corrected chi connectivity index (χ1v) is 8.29. The lowest BCUT2D eigenvalue weighted by Gasteiger charge is -2.08. The molecule has 0 heterocycles. The minimum atomic E-state index is 1.21. The molecular formula is C21H24. The van der Waals surface area contributed by atoms with Crippen LogP contribution in [0.3, 0.4) is 0 Å². The number of benzene rings is 3. The number of rotatable bonds is 6. The van der Waals surface area contributed by atoms with E-state index in [1.165, 1.54) is 65.6 Å². The zero-order valence-electron chi connectivity index (χ0n) is 12.9. The van der Waals surface area contributed by atoms with Crippen LogP contribution in [0.1, 0.15) is 44.6 Å². The van der Waals surface area contributed by atoms with E-state index in [0.717, 1.165) is 0 Å². The van der Waals surface area contributed by atoms with Crippen molar-refractivity contribution < 1.29 is 0 Å². The van der Waals surface area contributed by atoms with Gasteiger partial charge in [0.25, 0.3) is 0 Å². The minimum Gasteiger partial charge on any atom is -0.0654 e. The Morgan fingerprint density at radius 3 is 2.19 bits per heavy atom. The molecule has 21 heavy (non-hydrogen) atoms. The quantitative estimate of drug-likeness (QED) is 0.356. The SMILES string of the molecule is CCCCCCCc1cccc2cc3ccccc3cc12. The van der Waals surface area contributed by atoms with Gasteiger partial charge in [-0.3, -0.25) is 0 Å². The van der Waals surface area contributed by atoms with Crippen molar-refractivity contribution in [2.75, 3.05) is 0 Å². The van der Waals surface area contributed by atoms with Gasteiger partial charge in [-0.05, 0) is 52.1 Å². The highest BCUT2D eigenvalue weighted by atomic mass is 14.1. The topological polar surface area (TPSA) is 0 Å². The Morgan fingerprint density at radius 1 is 0.667 bits per heavy atom. The molecule has 3 rings (SSSR count). The van der Waals surface area contributed by atoms with E-state index < -0.39 is 0 Å². The molecular weight excluding hydrogens is 252 g/mol. The monoisotopic (exact) mass is 276 g/mol. The van der Waals surface area contributed by atoms with Gasteiger partial charge >= 0.3 is 0 Å². The molecule has 0 radical (unpaired) electrons. The predicted molar refractivity (Wildman–Crippen MR) is 93.9 cm³/mol. The van der Waals surface area contributed by atoms with Gasteiger partial charge in [0.2, 0.25) is 0 Å². The maximum atomic E-state index is 2.37. The van der Waals surface area contributed by atoms with E-state index in [1.54, 1.807) is 0 Å². The largest absolute Gasteiger partial charge is 0.0654 e. The first kappa shape index (κ1) is 14.1. The molecule has 0 aromatic heterocycles. The summed E-state index contributed by atoms with van der Waals surface area (Å²) < 4.78 is 0. The molecule has 3 aromatic rings. The van der Waals surface area contributed by atoms with Gasteiger partial charge in [-0.2, -0.15) is 0 Å². The van der Waals surface area contributed by atoms with Crippen molar-refractivity contribution in [1.29, 1.82) is 0 Å². The summed E-state index contributed by atoms with van der Waals surface area (Å²) >= 11 is 0. The van der Waals surface area contributed by atoms with Crippen molar-refractivity contribution in [3.05, 3.63) is 60.2 Å². The van der Waals surface area contributed by atoms with E-state index in [-0.39, 0.29) is 0 Å². The minimum absolute atomic E-state index is 1.21. The van der Waals surface area contributed by atoms with Crippen LogP contribution in [0.5, 0.6) is 0 Å². The molecule has 0 saturated heterocycles. The highest BCUT2D eigenvalue weighted by molar-refractivity contribution is 5.99. The maximum absolute atomic E-state index is 2.37. The number of aryl methyl sites for hydroxylation is 1. The van der Waals surface area contributed by atoms with Crippen LogP contribution in [0.25, 0.3) is 21.5 Å². The van der Waals surface area contributed by atoms with E-state index in [4.69, 9.17) is 0 Å². The average molecular weight is 276 g/mol. The molecule has 0 atom stereocenters. The molecule has 0 unspecified atom stereocenters.